The van der Waals surface area contributed by atoms with E-state index in [1.165, 1.54) is 19.3 Å². The first kappa shape index (κ1) is 23.4. The van der Waals surface area contributed by atoms with Crippen LogP contribution in [0.5, 0.6) is 5.75 Å². The molecule has 2 aromatic rings. The highest BCUT2D eigenvalue weighted by Crippen LogP contribution is 2.39. The van der Waals surface area contributed by atoms with Crippen molar-refractivity contribution < 1.29 is 9.53 Å². The summed E-state index contributed by atoms with van der Waals surface area (Å²) in [6.45, 7) is 5.78. The molecule has 5 rings (SSSR count). The molecule has 1 N–H and O–H groups in total. The van der Waals surface area contributed by atoms with Crippen molar-refractivity contribution in [1.29, 1.82) is 0 Å². The van der Waals surface area contributed by atoms with Crippen LogP contribution in [0.4, 0.5) is 16.2 Å². The average Bonchev–Trinajstić information content (AvgIpc) is 3.35. The molecule has 2 aliphatic heterocycles. The Morgan fingerprint density at radius 3 is 2.51 bits per heavy atom. The van der Waals surface area contributed by atoms with Crippen molar-refractivity contribution in [3.05, 3.63) is 53.6 Å². The third kappa shape index (κ3) is 4.77. The van der Waals surface area contributed by atoms with Gasteiger partial charge < -0.3 is 10.1 Å². The van der Waals surface area contributed by atoms with E-state index in [0.717, 1.165) is 72.2 Å². The van der Waals surface area contributed by atoms with E-state index < -0.39 is 0 Å². The molecular formula is C28H35N5O2. The van der Waals surface area contributed by atoms with E-state index in [2.05, 4.69) is 28.5 Å². The number of hydrogen-bond acceptors (Lipinski definition) is 5. The summed E-state index contributed by atoms with van der Waals surface area (Å²) in [5, 5.41) is 10.0. The minimum atomic E-state index is -0.144. The predicted octanol–water partition coefficient (Wildman–Crippen LogP) is 5.51. The second kappa shape index (κ2) is 10.1. The molecule has 1 saturated carbocycles. The van der Waals surface area contributed by atoms with Gasteiger partial charge in [0.1, 0.15) is 11.6 Å². The second-order valence-corrected chi connectivity index (χ2v) is 9.86. The molecule has 7 heteroatoms. The summed E-state index contributed by atoms with van der Waals surface area (Å²) < 4.78 is 5.58. The molecular weight excluding hydrogens is 438 g/mol. The number of carbonyl (C=O) groups is 1. The predicted molar refractivity (Wildman–Crippen MR) is 141 cm³/mol. The molecule has 35 heavy (non-hydrogen) atoms. The summed E-state index contributed by atoms with van der Waals surface area (Å²) in [5.74, 6) is 2.10. The fourth-order valence-electron chi connectivity index (χ4n) is 5.24. The van der Waals surface area contributed by atoms with Gasteiger partial charge >= 0.3 is 6.03 Å². The lowest BCUT2D eigenvalue weighted by Gasteiger charge is -2.29. The smallest absolute Gasteiger partial charge is 0.349 e. The number of anilines is 2. The molecule has 2 aromatic carbocycles. The van der Waals surface area contributed by atoms with Crippen LogP contribution in [0.15, 0.2) is 52.6 Å². The van der Waals surface area contributed by atoms with Crippen molar-refractivity contribution in [2.75, 3.05) is 25.1 Å². The van der Waals surface area contributed by atoms with Gasteiger partial charge in [0.05, 0.1) is 36.8 Å². The van der Waals surface area contributed by atoms with E-state index in [1.807, 2.05) is 38.1 Å². The van der Waals surface area contributed by atoms with Gasteiger partial charge in [-0.1, -0.05) is 31.4 Å². The second-order valence-electron chi connectivity index (χ2n) is 9.86. The molecule has 0 spiro atoms. The molecule has 0 atom stereocenters. The van der Waals surface area contributed by atoms with E-state index in [1.54, 1.807) is 17.0 Å². The summed E-state index contributed by atoms with van der Waals surface area (Å²) in [6, 6.07) is 14.0. The number of aliphatic imine (C=N–C) groups is 1. The van der Waals surface area contributed by atoms with Crippen LogP contribution in [0.3, 0.4) is 0 Å². The lowest BCUT2D eigenvalue weighted by molar-refractivity contribution is 0.195. The monoisotopic (exact) mass is 473 g/mol. The normalized spacial score (nSPS) is 18.7. The van der Waals surface area contributed by atoms with Crippen molar-refractivity contribution >= 4 is 29.0 Å². The van der Waals surface area contributed by atoms with Crippen LogP contribution < -0.4 is 15.0 Å². The standard InChI is InChI=1S/C28H35N5O2/c1-19(2)33-28(34)32(22-11-9-20(10-12-22)17-26-29-15-16-30-26)25-18-23(35-3)13-14-24(25)27(31-33)21-7-5-4-6-8-21/h9-14,18-19,21H,4-8,15-17H2,1-3H3,(H,29,30). The number of hydrogen-bond donors (Lipinski definition) is 1. The van der Waals surface area contributed by atoms with Crippen molar-refractivity contribution in [1.82, 2.24) is 10.3 Å². The Balaban J connectivity index is 1.58. The first-order valence-corrected chi connectivity index (χ1v) is 12.8. The molecule has 1 fully saturated rings. The van der Waals surface area contributed by atoms with Crippen molar-refractivity contribution in [3.63, 3.8) is 0 Å². The van der Waals surface area contributed by atoms with E-state index >= 15 is 0 Å². The first-order chi connectivity index (χ1) is 17.0. The number of hydrazone groups is 1. The summed E-state index contributed by atoms with van der Waals surface area (Å²) in [5.41, 5.74) is 4.85. The Morgan fingerprint density at radius 1 is 1.09 bits per heavy atom. The van der Waals surface area contributed by atoms with Gasteiger partial charge in [-0.3, -0.25) is 9.89 Å². The summed E-state index contributed by atoms with van der Waals surface area (Å²) in [6.07, 6.45) is 6.67. The van der Waals surface area contributed by atoms with E-state index in [9.17, 15) is 4.79 Å². The SMILES string of the molecule is COc1ccc2c(c1)N(c1ccc(CC3=NCCN3)cc1)C(=O)N(C(C)C)N=C2C1CCCCC1. The van der Waals surface area contributed by atoms with Gasteiger partial charge in [-0.25, -0.2) is 9.80 Å². The van der Waals surface area contributed by atoms with E-state index in [-0.39, 0.29) is 12.1 Å². The quantitative estimate of drug-likeness (QED) is 0.602. The zero-order valence-corrected chi connectivity index (χ0v) is 21.0. The number of nitrogens with one attached hydrogen (secondary N) is 1. The number of methoxy groups -OCH3 is 1. The maximum absolute atomic E-state index is 14.0. The minimum Gasteiger partial charge on any atom is -0.497 e. The van der Waals surface area contributed by atoms with Gasteiger partial charge in [0.15, 0.2) is 0 Å². The summed E-state index contributed by atoms with van der Waals surface area (Å²) in [4.78, 5) is 20.3. The molecule has 2 heterocycles. The lowest BCUT2D eigenvalue weighted by Crippen LogP contribution is -2.41. The van der Waals surface area contributed by atoms with Crippen molar-refractivity contribution in [2.24, 2.45) is 16.0 Å². The zero-order chi connectivity index (χ0) is 24.4. The third-order valence-corrected chi connectivity index (χ3v) is 7.12. The average molecular weight is 474 g/mol. The number of fused-ring (bicyclic) bond motifs is 1. The maximum Gasteiger partial charge on any atom is 0.349 e. The molecule has 7 nitrogen and oxygen atoms in total. The van der Waals surface area contributed by atoms with Crippen LogP contribution >= 0.6 is 0 Å². The van der Waals surface area contributed by atoms with Gasteiger partial charge in [0, 0.05) is 30.5 Å². The fraction of sp³-hybridized carbons (Fsp3) is 0.464. The molecule has 0 saturated heterocycles. The fourth-order valence-corrected chi connectivity index (χ4v) is 5.24. The van der Waals surface area contributed by atoms with E-state index in [4.69, 9.17) is 9.84 Å². The molecule has 0 radical (unpaired) electrons. The van der Waals surface area contributed by atoms with Gasteiger partial charge in [-0.15, -0.1) is 0 Å². The Hall–Kier alpha value is -3.35. The van der Waals surface area contributed by atoms with Crippen LogP contribution in [-0.4, -0.2) is 48.8 Å². The number of nitrogens with zero attached hydrogens (tertiary/aromatic N) is 4. The number of carbonyl (C=O) groups excluding carboxylic acids is 1. The Morgan fingerprint density at radius 2 is 1.86 bits per heavy atom. The lowest BCUT2D eigenvalue weighted by atomic mass is 9.83. The van der Waals surface area contributed by atoms with Crippen LogP contribution in [0.25, 0.3) is 0 Å². The Kier molecular flexibility index (Phi) is 6.75. The first-order valence-electron chi connectivity index (χ1n) is 12.8. The van der Waals surface area contributed by atoms with Gasteiger partial charge in [0.25, 0.3) is 0 Å². The molecule has 0 unspecified atom stereocenters. The molecule has 0 aromatic heterocycles. The van der Waals surface area contributed by atoms with Crippen LogP contribution in [0, 0.1) is 5.92 Å². The Labute approximate surface area is 207 Å². The molecule has 0 bridgehead atoms. The van der Waals surface area contributed by atoms with Gasteiger partial charge in [0.2, 0.25) is 0 Å². The number of urea groups is 1. The minimum absolute atomic E-state index is 0.0643. The van der Waals surface area contributed by atoms with Crippen molar-refractivity contribution in [3.8, 4) is 5.75 Å². The summed E-state index contributed by atoms with van der Waals surface area (Å²) in [7, 11) is 1.66. The van der Waals surface area contributed by atoms with Crippen LogP contribution in [-0.2, 0) is 6.42 Å². The highest BCUT2D eigenvalue weighted by Gasteiger charge is 2.35. The van der Waals surface area contributed by atoms with Crippen molar-refractivity contribution in [2.45, 2.75) is 58.4 Å². The number of amidine groups is 1. The number of benzene rings is 2. The summed E-state index contributed by atoms with van der Waals surface area (Å²) >= 11 is 0. The van der Waals surface area contributed by atoms with E-state index in [0.29, 0.717) is 5.92 Å². The highest BCUT2D eigenvalue weighted by molar-refractivity contribution is 6.14. The highest BCUT2D eigenvalue weighted by atomic mass is 16.5. The number of amides is 2. The third-order valence-electron chi connectivity index (χ3n) is 7.12. The number of ether oxygens (including phenoxy) is 1. The topological polar surface area (TPSA) is 69.5 Å². The van der Waals surface area contributed by atoms with Crippen LogP contribution in [0.2, 0.25) is 0 Å². The zero-order valence-electron chi connectivity index (χ0n) is 21.0. The number of rotatable bonds is 6. The molecule has 2 amide bonds. The van der Waals surface area contributed by atoms with Crippen LogP contribution in [0.1, 0.15) is 57.1 Å². The largest absolute Gasteiger partial charge is 0.497 e. The molecule has 1 aliphatic carbocycles. The molecule has 3 aliphatic rings. The molecule has 184 valence electrons. The Bertz CT molecular complexity index is 1130. The van der Waals surface area contributed by atoms with Gasteiger partial charge in [-0.05, 0) is 56.5 Å². The van der Waals surface area contributed by atoms with Gasteiger partial charge in [-0.2, -0.15) is 5.10 Å². The maximum atomic E-state index is 14.0.